The van der Waals surface area contributed by atoms with Crippen molar-refractivity contribution in [1.82, 2.24) is 9.80 Å². The third kappa shape index (κ3) is 4.71. The first-order valence-corrected chi connectivity index (χ1v) is 10.3. The highest BCUT2D eigenvalue weighted by Gasteiger charge is 2.23. The summed E-state index contributed by atoms with van der Waals surface area (Å²) in [5.74, 6) is 1.66. The van der Waals surface area contributed by atoms with Gasteiger partial charge in [-0.15, -0.1) is 0 Å². The quantitative estimate of drug-likeness (QED) is 0.722. The Labute approximate surface area is 161 Å². The van der Waals surface area contributed by atoms with E-state index in [0.717, 1.165) is 88.7 Å². The summed E-state index contributed by atoms with van der Waals surface area (Å²) in [6, 6.07) is 5.92. The molecule has 3 aliphatic rings. The van der Waals surface area contributed by atoms with Crippen LogP contribution in [0.15, 0.2) is 30.4 Å². The normalized spacial score (nSPS) is 22.3. The lowest BCUT2D eigenvalue weighted by Gasteiger charge is -2.32. The van der Waals surface area contributed by atoms with Crippen LogP contribution in [0.2, 0.25) is 0 Å². The van der Waals surface area contributed by atoms with Crippen molar-refractivity contribution in [3.63, 3.8) is 0 Å². The van der Waals surface area contributed by atoms with E-state index in [9.17, 15) is 4.79 Å². The van der Waals surface area contributed by atoms with Crippen molar-refractivity contribution in [3.8, 4) is 5.75 Å². The van der Waals surface area contributed by atoms with Crippen molar-refractivity contribution in [1.29, 1.82) is 0 Å². The van der Waals surface area contributed by atoms with Gasteiger partial charge in [0.15, 0.2) is 0 Å². The first-order chi connectivity index (χ1) is 13.3. The highest BCUT2D eigenvalue weighted by molar-refractivity contribution is 5.94. The van der Waals surface area contributed by atoms with Gasteiger partial charge in [-0.1, -0.05) is 12.2 Å². The number of benzene rings is 1. The van der Waals surface area contributed by atoms with Gasteiger partial charge in [0.1, 0.15) is 5.75 Å². The molecule has 5 heteroatoms. The fourth-order valence-electron chi connectivity index (χ4n) is 4.20. The van der Waals surface area contributed by atoms with Gasteiger partial charge in [-0.05, 0) is 48.9 Å². The minimum atomic E-state index is 0.160. The number of hydrogen-bond donors (Lipinski definition) is 0. The Morgan fingerprint density at radius 1 is 1.19 bits per heavy atom. The van der Waals surface area contributed by atoms with Gasteiger partial charge in [0, 0.05) is 44.7 Å². The summed E-state index contributed by atoms with van der Waals surface area (Å²) in [5.41, 5.74) is 1.96. The number of fused-ring (bicyclic) bond motifs is 1. The van der Waals surface area contributed by atoms with Crippen LogP contribution in [0.25, 0.3) is 0 Å². The molecule has 0 radical (unpaired) electrons. The number of ether oxygens (including phenoxy) is 2. The Morgan fingerprint density at radius 2 is 2.07 bits per heavy atom. The molecule has 1 fully saturated rings. The van der Waals surface area contributed by atoms with E-state index in [1.807, 2.05) is 18.2 Å². The van der Waals surface area contributed by atoms with Crippen LogP contribution >= 0.6 is 0 Å². The molecule has 1 amide bonds. The summed E-state index contributed by atoms with van der Waals surface area (Å²) in [6.07, 6.45) is 8.82. The minimum absolute atomic E-state index is 0.160. The Balaban J connectivity index is 1.45. The number of carbonyl (C=O) groups is 1. The van der Waals surface area contributed by atoms with E-state index < -0.39 is 0 Å². The molecule has 27 heavy (non-hydrogen) atoms. The average Bonchev–Trinajstić information content (AvgIpc) is 3.20. The van der Waals surface area contributed by atoms with Crippen LogP contribution in [0.1, 0.15) is 35.2 Å². The molecule has 2 heterocycles. The molecule has 0 bridgehead atoms. The number of nitrogens with zero attached hydrogens (tertiary/aromatic N) is 2. The molecular weight excluding hydrogens is 340 g/mol. The highest BCUT2D eigenvalue weighted by Crippen LogP contribution is 2.27. The molecule has 0 spiro atoms. The third-order valence-electron chi connectivity index (χ3n) is 5.87. The summed E-state index contributed by atoms with van der Waals surface area (Å²) in [6.45, 7) is 6.80. The Kier molecular flexibility index (Phi) is 6.10. The van der Waals surface area contributed by atoms with E-state index in [4.69, 9.17) is 9.47 Å². The lowest BCUT2D eigenvalue weighted by atomic mass is 9.93. The van der Waals surface area contributed by atoms with Crippen molar-refractivity contribution in [3.05, 3.63) is 41.5 Å². The van der Waals surface area contributed by atoms with Crippen molar-refractivity contribution in [2.24, 2.45) is 5.92 Å². The van der Waals surface area contributed by atoms with Crippen LogP contribution in [0.4, 0.5) is 0 Å². The predicted octanol–water partition coefficient (Wildman–Crippen LogP) is 2.75. The molecule has 0 saturated carbocycles. The molecule has 2 aliphatic heterocycles. The summed E-state index contributed by atoms with van der Waals surface area (Å²) < 4.78 is 11.0. The van der Waals surface area contributed by atoms with Crippen LogP contribution in [-0.2, 0) is 11.2 Å². The highest BCUT2D eigenvalue weighted by atomic mass is 16.5. The molecule has 1 aromatic carbocycles. The molecule has 0 aromatic heterocycles. The molecule has 0 unspecified atom stereocenters. The molecule has 1 aliphatic carbocycles. The summed E-state index contributed by atoms with van der Waals surface area (Å²) in [5, 5.41) is 0. The van der Waals surface area contributed by atoms with Crippen LogP contribution in [-0.4, -0.2) is 68.3 Å². The second kappa shape index (κ2) is 8.89. The number of carbonyl (C=O) groups excluding carboxylic acids is 1. The maximum absolute atomic E-state index is 13.3. The molecule has 5 nitrogen and oxygen atoms in total. The fraction of sp³-hybridized carbons (Fsp3) is 0.591. The van der Waals surface area contributed by atoms with E-state index >= 15 is 0 Å². The smallest absolute Gasteiger partial charge is 0.253 e. The SMILES string of the molecule is O=C(c1ccc2c(c1)CCO2)N(CCN1CCOCC1)C[C@@H]1CC=CCC1. The first kappa shape index (κ1) is 18.5. The zero-order valence-corrected chi connectivity index (χ0v) is 16.1. The minimum Gasteiger partial charge on any atom is -0.493 e. The van der Waals surface area contributed by atoms with Gasteiger partial charge in [0.25, 0.3) is 5.91 Å². The van der Waals surface area contributed by atoms with Gasteiger partial charge in [0.05, 0.1) is 19.8 Å². The van der Waals surface area contributed by atoms with E-state index in [1.54, 1.807) is 0 Å². The molecule has 4 rings (SSSR count). The number of amides is 1. The molecular formula is C22H30N2O3. The summed E-state index contributed by atoms with van der Waals surface area (Å²) in [7, 11) is 0. The van der Waals surface area contributed by atoms with Crippen LogP contribution < -0.4 is 4.74 Å². The van der Waals surface area contributed by atoms with Gasteiger partial charge >= 0.3 is 0 Å². The van der Waals surface area contributed by atoms with Crippen LogP contribution in [0.5, 0.6) is 5.75 Å². The maximum atomic E-state index is 13.3. The summed E-state index contributed by atoms with van der Waals surface area (Å²) in [4.78, 5) is 17.8. The van der Waals surface area contributed by atoms with E-state index in [0.29, 0.717) is 5.92 Å². The number of allylic oxidation sites excluding steroid dienone is 2. The predicted molar refractivity (Wildman–Crippen MR) is 105 cm³/mol. The van der Waals surface area contributed by atoms with Crippen molar-refractivity contribution >= 4 is 5.91 Å². The zero-order valence-electron chi connectivity index (χ0n) is 16.1. The number of rotatable bonds is 6. The van der Waals surface area contributed by atoms with E-state index in [2.05, 4.69) is 22.0 Å². The molecule has 1 saturated heterocycles. The van der Waals surface area contributed by atoms with Gasteiger partial charge in [-0.3, -0.25) is 9.69 Å². The number of morpholine rings is 1. The third-order valence-corrected chi connectivity index (χ3v) is 5.87. The first-order valence-electron chi connectivity index (χ1n) is 10.3. The van der Waals surface area contributed by atoms with Crippen LogP contribution in [0, 0.1) is 5.92 Å². The van der Waals surface area contributed by atoms with Crippen LogP contribution in [0.3, 0.4) is 0 Å². The average molecular weight is 370 g/mol. The van der Waals surface area contributed by atoms with Crippen molar-refractivity contribution in [2.75, 3.05) is 52.5 Å². The Bertz CT molecular complexity index is 682. The van der Waals surface area contributed by atoms with Gasteiger partial charge in [-0.2, -0.15) is 0 Å². The zero-order chi connectivity index (χ0) is 18.5. The monoisotopic (exact) mass is 370 g/mol. The maximum Gasteiger partial charge on any atom is 0.253 e. The second-order valence-electron chi connectivity index (χ2n) is 7.78. The number of hydrogen-bond acceptors (Lipinski definition) is 4. The Morgan fingerprint density at radius 3 is 2.89 bits per heavy atom. The van der Waals surface area contributed by atoms with Crippen molar-refractivity contribution in [2.45, 2.75) is 25.7 Å². The van der Waals surface area contributed by atoms with Gasteiger partial charge < -0.3 is 14.4 Å². The Hall–Kier alpha value is -1.85. The van der Waals surface area contributed by atoms with Gasteiger partial charge in [0.2, 0.25) is 0 Å². The summed E-state index contributed by atoms with van der Waals surface area (Å²) >= 11 is 0. The lowest BCUT2D eigenvalue weighted by Crippen LogP contribution is -2.44. The topological polar surface area (TPSA) is 42.0 Å². The molecule has 146 valence electrons. The van der Waals surface area contributed by atoms with Gasteiger partial charge in [-0.25, -0.2) is 0 Å². The molecule has 0 N–H and O–H groups in total. The standard InChI is InChI=1S/C22H30N2O3/c25-22(20-6-7-21-19(16-20)8-13-27-21)24(17-18-4-2-1-3-5-18)10-9-23-11-14-26-15-12-23/h1-2,6-7,16,18H,3-5,8-15,17H2/t18-/m1/s1. The second-order valence-corrected chi connectivity index (χ2v) is 7.78. The molecule has 1 atom stereocenters. The fourth-order valence-corrected chi connectivity index (χ4v) is 4.20. The van der Waals surface area contributed by atoms with E-state index in [-0.39, 0.29) is 5.91 Å². The lowest BCUT2D eigenvalue weighted by molar-refractivity contribution is 0.0315. The van der Waals surface area contributed by atoms with Crippen molar-refractivity contribution < 1.29 is 14.3 Å². The molecule has 1 aromatic rings. The largest absolute Gasteiger partial charge is 0.493 e. The van der Waals surface area contributed by atoms with E-state index in [1.165, 1.54) is 6.42 Å².